The topological polar surface area (TPSA) is 55.4 Å². The number of anilines is 1. The van der Waals surface area contributed by atoms with Crippen LogP contribution in [0.15, 0.2) is 47.4 Å². The van der Waals surface area contributed by atoms with Gasteiger partial charge in [-0.2, -0.15) is 0 Å². The van der Waals surface area contributed by atoms with E-state index in [9.17, 15) is 18.4 Å². The van der Waals surface area contributed by atoms with Gasteiger partial charge in [-0.25, -0.2) is 8.78 Å². The summed E-state index contributed by atoms with van der Waals surface area (Å²) in [6.07, 6.45) is -1.01. The number of carbonyl (C=O) groups excluding carboxylic acids is 2. The molecule has 0 aliphatic carbocycles. The van der Waals surface area contributed by atoms with E-state index < -0.39 is 29.6 Å². The highest BCUT2D eigenvalue weighted by atomic mass is 32.2. The van der Waals surface area contributed by atoms with Crippen LogP contribution in [0.2, 0.25) is 0 Å². The standard InChI is InChI=1S/C18H17F2NO3S/c1-11-4-3-5-14(8-11)21-18(23)12(2)24-17(22)10-25-16-9-13(19)6-7-15(16)20/h3-9,12H,10H2,1-2H3,(H,21,23)/t12-/m1/s1. The maximum atomic E-state index is 13.5. The van der Waals surface area contributed by atoms with Crippen LogP contribution < -0.4 is 5.32 Å². The van der Waals surface area contributed by atoms with E-state index in [2.05, 4.69) is 5.32 Å². The van der Waals surface area contributed by atoms with Crippen molar-refractivity contribution < 1.29 is 23.1 Å². The second-order valence-electron chi connectivity index (χ2n) is 5.35. The number of nitrogens with one attached hydrogen (secondary N) is 1. The summed E-state index contributed by atoms with van der Waals surface area (Å²) < 4.78 is 31.6. The monoisotopic (exact) mass is 365 g/mol. The van der Waals surface area contributed by atoms with Gasteiger partial charge in [0.1, 0.15) is 11.6 Å². The summed E-state index contributed by atoms with van der Waals surface area (Å²) in [4.78, 5) is 23.8. The zero-order valence-electron chi connectivity index (χ0n) is 13.7. The first-order valence-corrected chi connectivity index (χ1v) is 8.48. The fourth-order valence-corrected chi connectivity index (χ4v) is 2.72. The van der Waals surface area contributed by atoms with Crippen LogP contribution in [0.5, 0.6) is 0 Å². The highest BCUT2D eigenvalue weighted by molar-refractivity contribution is 8.00. The van der Waals surface area contributed by atoms with E-state index in [4.69, 9.17) is 4.74 Å². The quantitative estimate of drug-likeness (QED) is 0.622. The van der Waals surface area contributed by atoms with E-state index in [-0.39, 0.29) is 10.6 Å². The molecule has 0 spiro atoms. The second kappa shape index (κ2) is 8.62. The van der Waals surface area contributed by atoms with Crippen molar-refractivity contribution in [1.29, 1.82) is 0 Å². The van der Waals surface area contributed by atoms with Crippen molar-refractivity contribution in [3.05, 3.63) is 59.7 Å². The third-order valence-corrected chi connectivity index (χ3v) is 4.21. The molecule has 2 aromatic carbocycles. The Morgan fingerprint density at radius 3 is 2.68 bits per heavy atom. The van der Waals surface area contributed by atoms with E-state index in [1.165, 1.54) is 6.92 Å². The number of hydrogen-bond donors (Lipinski definition) is 1. The van der Waals surface area contributed by atoms with Crippen molar-refractivity contribution in [2.45, 2.75) is 24.8 Å². The van der Waals surface area contributed by atoms with E-state index in [1.807, 2.05) is 13.0 Å². The van der Waals surface area contributed by atoms with Gasteiger partial charge in [0.2, 0.25) is 0 Å². The van der Waals surface area contributed by atoms with Crippen molar-refractivity contribution in [2.24, 2.45) is 0 Å². The van der Waals surface area contributed by atoms with Gasteiger partial charge in [0.25, 0.3) is 5.91 Å². The molecule has 25 heavy (non-hydrogen) atoms. The average Bonchev–Trinajstić information content (AvgIpc) is 2.55. The lowest BCUT2D eigenvalue weighted by Crippen LogP contribution is -2.30. The number of esters is 1. The fourth-order valence-electron chi connectivity index (χ4n) is 1.98. The molecule has 0 aliphatic heterocycles. The number of benzene rings is 2. The summed E-state index contributed by atoms with van der Waals surface area (Å²) in [5, 5.41) is 2.65. The molecule has 1 N–H and O–H groups in total. The van der Waals surface area contributed by atoms with Crippen LogP contribution in [0.4, 0.5) is 14.5 Å². The molecule has 0 bridgehead atoms. The van der Waals surface area contributed by atoms with Crippen LogP contribution in [-0.2, 0) is 14.3 Å². The molecule has 2 aromatic rings. The highest BCUT2D eigenvalue weighted by Crippen LogP contribution is 2.23. The van der Waals surface area contributed by atoms with Gasteiger partial charge in [-0.3, -0.25) is 9.59 Å². The minimum atomic E-state index is -1.01. The number of amides is 1. The maximum absolute atomic E-state index is 13.5. The Balaban J connectivity index is 1.84. The highest BCUT2D eigenvalue weighted by Gasteiger charge is 2.18. The SMILES string of the molecule is Cc1cccc(NC(=O)[C@@H](C)OC(=O)CSc2cc(F)ccc2F)c1. The molecule has 7 heteroatoms. The minimum Gasteiger partial charge on any atom is -0.452 e. The molecule has 132 valence electrons. The predicted molar refractivity (Wildman–Crippen MR) is 92.4 cm³/mol. The lowest BCUT2D eigenvalue weighted by molar-refractivity contribution is -0.150. The molecule has 4 nitrogen and oxygen atoms in total. The number of carbonyl (C=O) groups is 2. The molecule has 1 amide bonds. The van der Waals surface area contributed by atoms with E-state index in [0.29, 0.717) is 5.69 Å². The van der Waals surface area contributed by atoms with Gasteiger partial charge in [0, 0.05) is 10.6 Å². The molecule has 1 atom stereocenters. The van der Waals surface area contributed by atoms with Crippen LogP contribution in [0.25, 0.3) is 0 Å². The summed E-state index contributed by atoms with van der Waals surface area (Å²) in [6.45, 7) is 3.33. The molecule has 0 radical (unpaired) electrons. The molecule has 0 aliphatic rings. The Kier molecular flexibility index (Phi) is 6.52. The molecule has 0 heterocycles. The summed E-state index contributed by atoms with van der Waals surface area (Å²) in [6, 6.07) is 10.2. The van der Waals surface area contributed by atoms with E-state index in [1.54, 1.807) is 18.2 Å². The molecule has 0 fully saturated rings. The Bertz CT molecular complexity index is 783. The third-order valence-electron chi connectivity index (χ3n) is 3.20. The summed E-state index contributed by atoms with van der Waals surface area (Å²) in [5.41, 5.74) is 1.58. The Hall–Kier alpha value is -2.41. The Labute approximate surface area is 148 Å². The zero-order chi connectivity index (χ0) is 18.4. The number of aryl methyl sites for hydroxylation is 1. The summed E-state index contributed by atoms with van der Waals surface area (Å²) in [5.74, 6) is -2.61. The Morgan fingerprint density at radius 2 is 1.96 bits per heavy atom. The van der Waals surface area contributed by atoms with E-state index in [0.717, 1.165) is 35.5 Å². The first kappa shape index (κ1) is 18.9. The van der Waals surface area contributed by atoms with Gasteiger partial charge >= 0.3 is 5.97 Å². The van der Waals surface area contributed by atoms with Crippen LogP contribution in [0, 0.1) is 18.6 Å². The molecule has 0 unspecified atom stereocenters. The molecule has 2 rings (SSSR count). The normalized spacial score (nSPS) is 11.7. The lowest BCUT2D eigenvalue weighted by Gasteiger charge is -2.14. The lowest BCUT2D eigenvalue weighted by atomic mass is 10.2. The van der Waals surface area contributed by atoms with Gasteiger partial charge < -0.3 is 10.1 Å². The number of ether oxygens (including phenoxy) is 1. The van der Waals surface area contributed by atoms with Gasteiger partial charge in [0.15, 0.2) is 6.10 Å². The van der Waals surface area contributed by atoms with E-state index >= 15 is 0 Å². The zero-order valence-corrected chi connectivity index (χ0v) is 14.5. The van der Waals surface area contributed by atoms with Crippen molar-refractivity contribution >= 4 is 29.3 Å². The fraction of sp³-hybridized carbons (Fsp3) is 0.222. The van der Waals surface area contributed by atoms with Gasteiger partial charge in [0.05, 0.1) is 5.75 Å². The molecule has 0 saturated heterocycles. The first-order valence-electron chi connectivity index (χ1n) is 7.50. The number of rotatable bonds is 6. The summed E-state index contributed by atoms with van der Waals surface area (Å²) in [7, 11) is 0. The van der Waals surface area contributed by atoms with Crippen LogP contribution >= 0.6 is 11.8 Å². The van der Waals surface area contributed by atoms with Gasteiger partial charge in [-0.1, -0.05) is 12.1 Å². The van der Waals surface area contributed by atoms with Gasteiger partial charge in [-0.15, -0.1) is 11.8 Å². The predicted octanol–water partition coefficient (Wildman–Crippen LogP) is 3.94. The minimum absolute atomic E-state index is 0.00816. The molecule has 0 saturated carbocycles. The smallest absolute Gasteiger partial charge is 0.317 e. The van der Waals surface area contributed by atoms with Crippen molar-refractivity contribution in [1.82, 2.24) is 0 Å². The summed E-state index contributed by atoms with van der Waals surface area (Å²) >= 11 is 0.808. The maximum Gasteiger partial charge on any atom is 0.317 e. The number of halogens is 2. The van der Waals surface area contributed by atoms with Gasteiger partial charge in [-0.05, 0) is 49.7 Å². The molecular formula is C18H17F2NO3S. The second-order valence-corrected chi connectivity index (χ2v) is 6.37. The first-order chi connectivity index (χ1) is 11.8. The van der Waals surface area contributed by atoms with Crippen LogP contribution in [0.1, 0.15) is 12.5 Å². The number of hydrogen-bond acceptors (Lipinski definition) is 4. The van der Waals surface area contributed by atoms with Crippen molar-refractivity contribution in [3.63, 3.8) is 0 Å². The van der Waals surface area contributed by atoms with Crippen molar-refractivity contribution in [3.8, 4) is 0 Å². The molecular weight excluding hydrogens is 348 g/mol. The van der Waals surface area contributed by atoms with Crippen LogP contribution in [-0.4, -0.2) is 23.7 Å². The molecule has 0 aromatic heterocycles. The Morgan fingerprint density at radius 1 is 1.20 bits per heavy atom. The van der Waals surface area contributed by atoms with Crippen molar-refractivity contribution in [2.75, 3.05) is 11.1 Å². The average molecular weight is 365 g/mol. The third kappa shape index (κ3) is 5.86. The number of thioether (sulfide) groups is 1. The van der Waals surface area contributed by atoms with Crippen LogP contribution in [0.3, 0.4) is 0 Å². The largest absolute Gasteiger partial charge is 0.452 e.